The van der Waals surface area contributed by atoms with E-state index in [9.17, 15) is 14.0 Å². The third-order valence-electron chi connectivity index (χ3n) is 3.52. The maximum absolute atomic E-state index is 13.2. The van der Waals surface area contributed by atoms with Crippen LogP contribution >= 0.6 is 0 Å². The lowest BCUT2D eigenvalue weighted by Crippen LogP contribution is -2.30. The fourth-order valence-electron chi connectivity index (χ4n) is 2.27. The highest BCUT2D eigenvalue weighted by Crippen LogP contribution is 2.29. The average Bonchev–Trinajstić information content (AvgIpc) is 2.63. The van der Waals surface area contributed by atoms with Crippen LogP contribution in [0.4, 0.5) is 10.1 Å². The van der Waals surface area contributed by atoms with E-state index < -0.39 is 23.8 Å². The molecule has 0 aliphatic rings. The molecular weight excluding hydrogens is 353 g/mol. The Labute approximate surface area is 157 Å². The van der Waals surface area contributed by atoms with Gasteiger partial charge < -0.3 is 19.5 Å². The fraction of sp³-hybridized carbons (Fsp3) is 0.300. The Balaban J connectivity index is 2.04. The van der Waals surface area contributed by atoms with Gasteiger partial charge in [-0.2, -0.15) is 0 Å². The summed E-state index contributed by atoms with van der Waals surface area (Å²) in [5, 5.41) is 2.50. The van der Waals surface area contributed by atoms with Crippen LogP contribution in [0.25, 0.3) is 0 Å². The van der Waals surface area contributed by atoms with Gasteiger partial charge in [-0.25, -0.2) is 9.18 Å². The molecule has 2 rings (SSSR count). The number of halogens is 1. The molecule has 144 valence electrons. The molecule has 0 bridgehead atoms. The third kappa shape index (κ3) is 5.70. The number of carbonyl (C=O) groups is 2. The lowest BCUT2D eigenvalue weighted by atomic mass is 10.2. The maximum atomic E-state index is 13.2. The number of carbonyl (C=O) groups excluding carboxylic acids is 2. The second kappa shape index (κ2) is 9.56. The van der Waals surface area contributed by atoms with Crippen LogP contribution in [0.5, 0.6) is 11.5 Å². The number of ether oxygens (including phenoxy) is 3. The highest BCUT2D eigenvalue weighted by molar-refractivity contribution is 5.97. The predicted molar refractivity (Wildman–Crippen MR) is 98.7 cm³/mol. The van der Waals surface area contributed by atoms with Gasteiger partial charge in [-0.1, -0.05) is 6.07 Å². The predicted octanol–water partition coefficient (Wildman–Crippen LogP) is 3.81. The molecule has 1 atom stereocenters. The minimum absolute atomic E-state index is 0.229. The number of amides is 1. The minimum Gasteiger partial charge on any atom is -0.490 e. The van der Waals surface area contributed by atoms with Gasteiger partial charge in [0.2, 0.25) is 0 Å². The average molecular weight is 375 g/mol. The summed E-state index contributed by atoms with van der Waals surface area (Å²) >= 11 is 0. The summed E-state index contributed by atoms with van der Waals surface area (Å²) in [6, 6.07) is 10.1. The van der Waals surface area contributed by atoms with Crippen molar-refractivity contribution in [2.45, 2.75) is 26.9 Å². The van der Waals surface area contributed by atoms with Crippen molar-refractivity contribution in [2.24, 2.45) is 0 Å². The van der Waals surface area contributed by atoms with Gasteiger partial charge in [-0.3, -0.25) is 4.79 Å². The summed E-state index contributed by atoms with van der Waals surface area (Å²) < 4.78 is 29.3. The quantitative estimate of drug-likeness (QED) is 0.711. The van der Waals surface area contributed by atoms with Gasteiger partial charge >= 0.3 is 5.97 Å². The van der Waals surface area contributed by atoms with Crippen LogP contribution in [0.15, 0.2) is 42.5 Å². The maximum Gasteiger partial charge on any atom is 0.339 e. The molecular formula is C20H22FNO5. The second-order valence-corrected chi connectivity index (χ2v) is 5.57. The van der Waals surface area contributed by atoms with E-state index in [1.165, 1.54) is 43.3 Å². The summed E-state index contributed by atoms with van der Waals surface area (Å²) in [6.07, 6.45) is -1.07. The van der Waals surface area contributed by atoms with Crippen molar-refractivity contribution in [1.82, 2.24) is 0 Å². The van der Waals surface area contributed by atoms with Crippen molar-refractivity contribution in [2.75, 3.05) is 18.5 Å². The Morgan fingerprint density at radius 1 is 1.04 bits per heavy atom. The lowest BCUT2D eigenvalue weighted by Gasteiger charge is -2.15. The third-order valence-corrected chi connectivity index (χ3v) is 3.52. The molecule has 0 spiro atoms. The van der Waals surface area contributed by atoms with E-state index in [0.29, 0.717) is 24.7 Å². The largest absolute Gasteiger partial charge is 0.490 e. The fourth-order valence-corrected chi connectivity index (χ4v) is 2.27. The zero-order chi connectivity index (χ0) is 19.8. The molecule has 0 aliphatic heterocycles. The highest BCUT2D eigenvalue weighted by Gasteiger charge is 2.20. The van der Waals surface area contributed by atoms with Crippen molar-refractivity contribution in [3.8, 4) is 11.5 Å². The van der Waals surface area contributed by atoms with E-state index in [0.717, 1.165) is 0 Å². The van der Waals surface area contributed by atoms with Crippen LogP contribution in [0, 0.1) is 5.82 Å². The van der Waals surface area contributed by atoms with Crippen LogP contribution in [0.1, 0.15) is 31.1 Å². The lowest BCUT2D eigenvalue weighted by molar-refractivity contribution is -0.123. The molecule has 2 aromatic carbocycles. The SMILES string of the molecule is CCOc1ccc(C(=O)OC(C)C(=O)Nc2cccc(F)c2)cc1OCC. The summed E-state index contributed by atoms with van der Waals surface area (Å²) in [5.74, 6) is -0.778. The molecule has 0 saturated carbocycles. The van der Waals surface area contributed by atoms with Crippen LogP contribution in [0.2, 0.25) is 0 Å². The van der Waals surface area contributed by atoms with E-state index in [4.69, 9.17) is 14.2 Å². The van der Waals surface area contributed by atoms with Gasteiger partial charge in [-0.15, -0.1) is 0 Å². The van der Waals surface area contributed by atoms with E-state index >= 15 is 0 Å². The molecule has 1 unspecified atom stereocenters. The zero-order valence-electron chi connectivity index (χ0n) is 15.5. The van der Waals surface area contributed by atoms with Crippen LogP contribution in [-0.4, -0.2) is 31.2 Å². The van der Waals surface area contributed by atoms with Gasteiger partial charge in [-0.05, 0) is 57.2 Å². The van der Waals surface area contributed by atoms with Crippen LogP contribution in [-0.2, 0) is 9.53 Å². The Bertz CT molecular complexity index is 809. The molecule has 0 heterocycles. The molecule has 0 aromatic heterocycles. The monoisotopic (exact) mass is 375 g/mol. The zero-order valence-corrected chi connectivity index (χ0v) is 15.5. The van der Waals surface area contributed by atoms with Crippen molar-refractivity contribution in [3.63, 3.8) is 0 Å². The van der Waals surface area contributed by atoms with E-state index in [1.54, 1.807) is 6.07 Å². The number of esters is 1. The number of hydrogen-bond donors (Lipinski definition) is 1. The highest BCUT2D eigenvalue weighted by atomic mass is 19.1. The number of nitrogens with one attached hydrogen (secondary N) is 1. The van der Waals surface area contributed by atoms with Crippen LogP contribution in [0.3, 0.4) is 0 Å². The summed E-state index contributed by atoms with van der Waals surface area (Å²) in [6.45, 7) is 5.97. The molecule has 27 heavy (non-hydrogen) atoms. The number of benzene rings is 2. The normalized spacial score (nSPS) is 11.4. The molecule has 1 amide bonds. The first-order valence-corrected chi connectivity index (χ1v) is 8.61. The van der Waals surface area contributed by atoms with Crippen molar-refractivity contribution in [1.29, 1.82) is 0 Å². The summed E-state index contributed by atoms with van der Waals surface area (Å²) in [4.78, 5) is 24.5. The minimum atomic E-state index is -1.07. The molecule has 0 radical (unpaired) electrons. The molecule has 2 aromatic rings. The van der Waals surface area contributed by atoms with Gasteiger partial charge in [0.05, 0.1) is 18.8 Å². The van der Waals surface area contributed by atoms with Crippen LogP contribution < -0.4 is 14.8 Å². The topological polar surface area (TPSA) is 73.9 Å². The van der Waals surface area contributed by atoms with Crippen molar-refractivity contribution >= 4 is 17.6 Å². The summed E-state index contributed by atoms with van der Waals surface area (Å²) in [7, 11) is 0. The van der Waals surface area contributed by atoms with Gasteiger partial charge in [0.25, 0.3) is 5.91 Å². The number of hydrogen-bond acceptors (Lipinski definition) is 5. The van der Waals surface area contributed by atoms with E-state index in [1.807, 2.05) is 13.8 Å². The first-order valence-electron chi connectivity index (χ1n) is 8.61. The Kier molecular flexibility index (Phi) is 7.16. The van der Waals surface area contributed by atoms with E-state index in [-0.39, 0.29) is 11.3 Å². The Morgan fingerprint density at radius 2 is 1.74 bits per heavy atom. The molecule has 7 heteroatoms. The second-order valence-electron chi connectivity index (χ2n) is 5.57. The van der Waals surface area contributed by atoms with Gasteiger partial charge in [0.15, 0.2) is 17.6 Å². The van der Waals surface area contributed by atoms with Gasteiger partial charge in [0, 0.05) is 5.69 Å². The molecule has 1 N–H and O–H groups in total. The number of rotatable bonds is 8. The molecule has 0 aliphatic carbocycles. The van der Waals surface area contributed by atoms with Crippen molar-refractivity contribution in [3.05, 3.63) is 53.8 Å². The number of anilines is 1. The molecule has 0 fully saturated rings. The summed E-state index contributed by atoms with van der Waals surface area (Å²) in [5.41, 5.74) is 0.509. The van der Waals surface area contributed by atoms with E-state index in [2.05, 4.69) is 5.32 Å². The van der Waals surface area contributed by atoms with Crippen molar-refractivity contribution < 1.29 is 28.2 Å². The molecule has 6 nitrogen and oxygen atoms in total. The standard InChI is InChI=1S/C20H22FNO5/c1-4-25-17-10-9-14(11-18(17)26-5-2)20(24)27-13(3)19(23)22-16-8-6-7-15(21)12-16/h6-13H,4-5H2,1-3H3,(H,22,23). The molecule has 0 saturated heterocycles. The Hall–Kier alpha value is -3.09. The first-order chi connectivity index (χ1) is 12.9. The smallest absolute Gasteiger partial charge is 0.339 e. The Morgan fingerprint density at radius 3 is 2.41 bits per heavy atom. The first kappa shape index (κ1) is 20.2. The van der Waals surface area contributed by atoms with Gasteiger partial charge in [0.1, 0.15) is 5.82 Å².